The van der Waals surface area contributed by atoms with Crippen LogP contribution >= 0.6 is 15.6 Å². The molecule has 0 N–H and O–H groups in total. The topological polar surface area (TPSA) is 117 Å². The van der Waals surface area contributed by atoms with E-state index >= 15 is 0 Å². The Bertz CT molecular complexity index is 1890. The van der Waals surface area contributed by atoms with Crippen LogP contribution in [0.1, 0.15) is 0 Å². The fourth-order valence-corrected chi connectivity index (χ4v) is 4.75. The fourth-order valence-electron chi connectivity index (χ4n) is 3.14. The number of benzene rings is 4. The summed E-state index contributed by atoms with van der Waals surface area (Å²) in [5, 5.41) is 0. The minimum Gasteiger partial charge on any atom is -0.736 e. The molecule has 4 aromatic carbocycles. The molecule has 0 radical (unpaired) electrons. The van der Waals surface area contributed by atoms with Crippen molar-refractivity contribution in [2.75, 3.05) is 0 Å². The number of rotatable bonds is 8. The van der Waals surface area contributed by atoms with Crippen molar-refractivity contribution in [1.29, 1.82) is 0 Å². The van der Waals surface area contributed by atoms with Crippen molar-refractivity contribution < 1.29 is 144 Å². The van der Waals surface area contributed by atoms with Gasteiger partial charge in [0.1, 0.15) is 0 Å². The first-order valence-corrected chi connectivity index (χ1v) is 15.0. The number of phosphoric ester groups is 2. The van der Waals surface area contributed by atoms with Gasteiger partial charge in [0, 0.05) is 0 Å². The van der Waals surface area contributed by atoms with E-state index in [0.717, 1.165) is 0 Å². The molecule has 0 atom stereocenters. The summed E-state index contributed by atoms with van der Waals surface area (Å²) in [7, 11) is -13.0. The van der Waals surface area contributed by atoms with Crippen molar-refractivity contribution in [2.45, 2.75) is 0 Å². The Labute approximate surface area is 299 Å². The van der Waals surface area contributed by atoms with Crippen molar-refractivity contribution in [2.24, 2.45) is 0 Å². The first kappa shape index (κ1) is 46.8. The monoisotopic (exact) mass is 922 g/mol. The van der Waals surface area contributed by atoms with Gasteiger partial charge in [0.25, 0.3) is 0 Å². The molecule has 0 aromatic heterocycles. The van der Waals surface area contributed by atoms with Crippen LogP contribution in [0.5, 0.6) is 23.0 Å². The van der Waals surface area contributed by atoms with E-state index in [1.165, 1.54) is 0 Å². The van der Waals surface area contributed by atoms with Gasteiger partial charge in [-0.3, -0.25) is 0 Å². The molecule has 0 aliphatic carbocycles. The second-order valence-corrected chi connectivity index (χ2v) is 11.4. The Hall–Kier alpha value is -4.32. The molecule has 0 bridgehead atoms. The van der Waals surface area contributed by atoms with Gasteiger partial charge in [-0.05, 0) is 0 Å². The van der Waals surface area contributed by atoms with Crippen LogP contribution in [0.25, 0.3) is 0 Å². The number of phosphoric acid groups is 2. The smallest absolute Gasteiger partial charge is 0.736 e. The summed E-state index contributed by atoms with van der Waals surface area (Å²) in [4.78, 5) is 22.9. The summed E-state index contributed by atoms with van der Waals surface area (Å²) in [6.07, 6.45) is 0. The average Bonchev–Trinajstić information content (AvgIpc) is 3.12. The SMILES string of the molecule is O=P([O-])(Oc1c(F)c(F)c(F)c(F)c1F)Oc1c(F)c(F)c(F)c(F)c1F.O=P([O-])(Oc1c(F)c(F)c(F)c(F)c1F)Oc1c(F)c(F)c(F)c(F)c1F.[Zn+2]. The molecule has 0 unspecified atom stereocenters. The molecule has 0 amide bonds. The third kappa shape index (κ3) is 9.06. The first-order chi connectivity index (χ1) is 24.6. The summed E-state index contributed by atoms with van der Waals surface area (Å²) >= 11 is 0. The van der Waals surface area contributed by atoms with E-state index < -0.39 is 155 Å². The van der Waals surface area contributed by atoms with E-state index in [2.05, 4.69) is 18.1 Å². The molecule has 296 valence electrons. The Balaban J connectivity index is 0.000000373. The largest absolute Gasteiger partial charge is 2.00 e. The molecular formula is C24F20O8P2Zn. The second kappa shape index (κ2) is 16.8. The summed E-state index contributed by atoms with van der Waals surface area (Å²) in [6.45, 7) is 0. The maximum absolute atomic E-state index is 13.3. The van der Waals surface area contributed by atoms with Gasteiger partial charge >= 0.3 is 35.1 Å². The summed E-state index contributed by atoms with van der Waals surface area (Å²) in [6, 6.07) is 0. The van der Waals surface area contributed by atoms with Crippen LogP contribution in [0.3, 0.4) is 0 Å². The molecule has 4 rings (SSSR count). The average molecular weight is 924 g/mol. The van der Waals surface area contributed by atoms with Crippen LogP contribution < -0.4 is 27.9 Å². The first-order valence-electron chi connectivity index (χ1n) is 12.1. The minimum atomic E-state index is -6.48. The van der Waals surface area contributed by atoms with E-state index in [4.69, 9.17) is 0 Å². The van der Waals surface area contributed by atoms with Crippen LogP contribution in [0.4, 0.5) is 87.8 Å². The molecule has 31 heteroatoms. The molecular weight excluding hydrogens is 924 g/mol. The Morgan fingerprint density at radius 3 is 0.455 bits per heavy atom. The van der Waals surface area contributed by atoms with Gasteiger partial charge in [0.05, 0.1) is 0 Å². The predicted molar refractivity (Wildman–Crippen MR) is 123 cm³/mol. The number of halogens is 20. The van der Waals surface area contributed by atoms with E-state index in [1.54, 1.807) is 0 Å². The van der Waals surface area contributed by atoms with Crippen molar-refractivity contribution >= 4 is 15.6 Å². The van der Waals surface area contributed by atoms with Crippen LogP contribution in [-0.4, -0.2) is 0 Å². The fraction of sp³-hybridized carbons (Fsp3) is 0. The molecule has 0 aliphatic heterocycles. The van der Waals surface area contributed by atoms with Crippen molar-refractivity contribution in [3.05, 3.63) is 116 Å². The quantitative estimate of drug-likeness (QED) is 0.0574. The van der Waals surface area contributed by atoms with Gasteiger partial charge in [-0.15, -0.1) is 0 Å². The normalized spacial score (nSPS) is 11.5. The molecule has 0 aliphatic rings. The third-order valence-corrected chi connectivity index (χ3v) is 7.12. The molecule has 4 aromatic rings. The molecule has 8 nitrogen and oxygen atoms in total. The number of hydrogen-bond acceptors (Lipinski definition) is 8. The second-order valence-electron chi connectivity index (χ2n) is 8.86. The zero-order chi connectivity index (χ0) is 41.7. The molecule has 0 saturated carbocycles. The summed E-state index contributed by atoms with van der Waals surface area (Å²) in [5.74, 6) is -64.4. The standard InChI is InChI=1S/2C12HF10O4P.Zn/c2*13-1-3(15)7(19)11(8(20)4(1)16)25-27(23,24)26-12-9(21)5(17)2(14)6(18)10(12)22;/h2*(H,23,24);/q;;+2/p-2. The van der Waals surface area contributed by atoms with Crippen LogP contribution in [-0.2, 0) is 28.6 Å². The minimum absolute atomic E-state index is 0. The Morgan fingerprint density at radius 1 is 0.255 bits per heavy atom. The maximum atomic E-state index is 13.3. The zero-order valence-electron chi connectivity index (χ0n) is 24.4. The van der Waals surface area contributed by atoms with E-state index in [1.807, 2.05) is 0 Å². The van der Waals surface area contributed by atoms with Gasteiger partial charge in [0.15, 0.2) is 0 Å². The van der Waals surface area contributed by atoms with Gasteiger partial charge in [0.2, 0.25) is 139 Å². The molecule has 0 fully saturated rings. The van der Waals surface area contributed by atoms with Gasteiger partial charge in [-0.1, -0.05) is 0 Å². The molecule has 0 spiro atoms. The van der Waals surface area contributed by atoms with Crippen molar-refractivity contribution in [3.8, 4) is 23.0 Å². The van der Waals surface area contributed by atoms with E-state index in [0.29, 0.717) is 0 Å². The van der Waals surface area contributed by atoms with Crippen LogP contribution in [0.15, 0.2) is 0 Å². The van der Waals surface area contributed by atoms with Crippen molar-refractivity contribution in [1.82, 2.24) is 0 Å². The third-order valence-electron chi connectivity index (χ3n) is 5.49. The van der Waals surface area contributed by atoms with Gasteiger partial charge < -0.3 is 27.9 Å². The van der Waals surface area contributed by atoms with E-state index in [9.17, 15) is 107 Å². The zero-order valence-corrected chi connectivity index (χ0v) is 29.2. The van der Waals surface area contributed by atoms with Crippen LogP contribution in [0.2, 0.25) is 0 Å². The summed E-state index contributed by atoms with van der Waals surface area (Å²) < 4.78 is 298. The van der Waals surface area contributed by atoms with E-state index in [-0.39, 0.29) is 19.5 Å². The summed E-state index contributed by atoms with van der Waals surface area (Å²) in [5.41, 5.74) is 0. The predicted octanol–water partition coefficient (Wildman–Crippen LogP) is 8.01. The van der Waals surface area contributed by atoms with Crippen molar-refractivity contribution in [3.63, 3.8) is 0 Å². The van der Waals surface area contributed by atoms with Crippen LogP contribution in [0, 0.1) is 116 Å². The maximum Gasteiger partial charge on any atom is 2.00 e. The molecule has 0 saturated heterocycles. The van der Waals surface area contributed by atoms with Gasteiger partial charge in [-0.25, -0.2) is 61.8 Å². The molecule has 55 heavy (non-hydrogen) atoms. The Morgan fingerprint density at radius 2 is 0.345 bits per heavy atom. The Kier molecular flexibility index (Phi) is 14.3. The van der Waals surface area contributed by atoms with Gasteiger partial charge in [-0.2, -0.15) is 35.1 Å². The molecule has 0 heterocycles. The number of hydrogen-bond donors (Lipinski definition) is 0.